The Labute approximate surface area is 224 Å². The molecule has 0 unspecified atom stereocenters. The van der Waals surface area contributed by atoms with E-state index in [2.05, 4.69) is 39.2 Å². The number of methoxy groups -OCH3 is 1. The van der Waals surface area contributed by atoms with E-state index in [4.69, 9.17) is 10.5 Å². The first-order valence-corrected chi connectivity index (χ1v) is 12.7. The van der Waals surface area contributed by atoms with E-state index >= 15 is 0 Å². The maximum atomic E-state index is 12.6. The first-order chi connectivity index (χ1) is 18.2. The summed E-state index contributed by atoms with van der Waals surface area (Å²) < 4.78 is 43.0. The highest BCUT2D eigenvalue weighted by molar-refractivity contribution is 6.05. The number of likely N-dealkylation sites (N-methyl/N-ethyl adjacent to an activating group) is 1. The number of nitrogens with one attached hydrogen (secondary N) is 2. The molecule has 0 aromatic heterocycles. The number of alkyl halides is 3. The van der Waals surface area contributed by atoms with Crippen LogP contribution < -0.4 is 21.1 Å². The van der Waals surface area contributed by atoms with Crippen molar-refractivity contribution < 1.29 is 17.9 Å². The smallest absolute Gasteiger partial charge is 0.430 e. The molecule has 0 saturated carbocycles. The van der Waals surface area contributed by atoms with E-state index in [-0.39, 0.29) is 5.71 Å². The number of halogens is 3. The van der Waals surface area contributed by atoms with Crippen molar-refractivity contribution in [3.63, 3.8) is 0 Å². The van der Waals surface area contributed by atoms with Crippen LogP contribution in [0.15, 0.2) is 78.0 Å². The summed E-state index contributed by atoms with van der Waals surface area (Å²) in [5.41, 5.74) is 6.93. The van der Waals surface area contributed by atoms with Crippen LogP contribution in [0.4, 0.5) is 18.9 Å². The minimum Gasteiger partial charge on any atom is -0.496 e. The van der Waals surface area contributed by atoms with Gasteiger partial charge in [0.05, 0.1) is 18.5 Å². The van der Waals surface area contributed by atoms with Gasteiger partial charge in [0.25, 0.3) is 0 Å². The van der Waals surface area contributed by atoms with E-state index in [1.807, 2.05) is 44.4 Å². The maximum absolute atomic E-state index is 12.6. The van der Waals surface area contributed by atoms with Gasteiger partial charge >= 0.3 is 6.18 Å². The zero-order chi connectivity index (χ0) is 28.0. The molecule has 4 N–H and O–H groups in total. The van der Waals surface area contributed by atoms with E-state index in [0.717, 1.165) is 57.4 Å². The summed E-state index contributed by atoms with van der Waals surface area (Å²) in [6.45, 7) is 8.49. The Kier molecular flexibility index (Phi) is 13.1. The lowest BCUT2D eigenvalue weighted by Gasteiger charge is -2.32. The van der Waals surface area contributed by atoms with Gasteiger partial charge in [-0.25, -0.2) is 4.99 Å². The number of benzene rings is 2. The highest BCUT2D eigenvalue weighted by Crippen LogP contribution is 2.30. The molecule has 2 aromatic carbocycles. The van der Waals surface area contributed by atoms with E-state index in [1.54, 1.807) is 13.2 Å². The van der Waals surface area contributed by atoms with Crippen LogP contribution in [0, 0.1) is 0 Å². The van der Waals surface area contributed by atoms with Crippen LogP contribution in [-0.4, -0.2) is 64.2 Å². The van der Waals surface area contributed by atoms with Gasteiger partial charge in [-0.2, -0.15) is 13.2 Å². The molecule has 38 heavy (non-hydrogen) atoms. The fourth-order valence-corrected chi connectivity index (χ4v) is 4.17. The second-order valence-electron chi connectivity index (χ2n) is 8.99. The Morgan fingerprint density at radius 3 is 2.45 bits per heavy atom. The van der Waals surface area contributed by atoms with Crippen LogP contribution in [0.1, 0.15) is 29.9 Å². The summed E-state index contributed by atoms with van der Waals surface area (Å²) in [5.74, 6) is 1.39. The molecule has 1 heterocycles. The van der Waals surface area contributed by atoms with Crippen molar-refractivity contribution in [2.24, 2.45) is 10.7 Å². The molecule has 1 saturated heterocycles. The van der Waals surface area contributed by atoms with Crippen LogP contribution >= 0.6 is 0 Å². The van der Waals surface area contributed by atoms with Gasteiger partial charge in [0.2, 0.25) is 0 Å². The molecule has 1 aliphatic heterocycles. The molecule has 0 spiro atoms. The fourth-order valence-electron chi connectivity index (χ4n) is 4.17. The lowest BCUT2D eigenvalue weighted by atomic mass is 9.89. The van der Waals surface area contributed by atoms with Gasteiger partial charge in [-0.05, 0) is 81.9 Å². The van der Waals surface area contributed by atoms with Crippen molar-refractivity contribution in [3.8, 4) is 5.75 Å². The predicted molar refractivity (Wildman–Crippen MR) is 150 cm³/mol. The van der Waals surface area contributed by atoms with E-state index < -0.39 is 11.9 Å². The average molecular weight is 532 g/mol. The Morgan fingerprint density at radius 1 is 1.13 bits per heavy atom. The van der Waals surface area contributed by atoms with Crippen molar-refractivity contribution in [1.29, 1.82) is 0 Å². The van der Waals surface area contributed by atoms with Crippen LogP contribution in [-0.2, 0) is 6.54 Å². The van der Waals surface area contributed by atoms with Gasteiger partial charge in [-0.3, -0.25) is 0 Å². The van der Waals surface area contributed by atoms with Crippen molar-refractivity contribution in [2.75, 3.05) is 47.4 Å². The molecular weight excluding hydrogens is 491 g/mol. The molecule has 0 radical (unpaired) electrons. The highest BCUT2D eigenvalue weighted by Gasteiger charge is 2.31. The van der Waals surface area contributed by atoms with E-state index in [9.17, 15) is 13.2 Å². The Bertz CT molecular complexity index is 1060. The van der Waals surface area contributed by atoms with Crippen molar-refractivity contribution >= 4 is 11.4 Å². The number of hydrogen-bond acceptors (Lipinski definition) is 6. The minimum absolute atomic E-state index is 0.0869. The highest BCUT2D eigenvalue weighted by atomic mass is 19.4. The quantitative estimate of drug-likeness (QED) is 0.369. The number of allylic oxidation sites excluding steroid dienone is 3. The molecule has 208 valence electrons. The average Bonchev–Trinajstić information content (AvgIpc) is 2.92. The predicted octanol–water partition coefficient (Wildman–Crippen LogP) is 5.16. The first kappa shape index (κ1) is 31.1. The number of ether oxygens (including phenoxy) is 1. The summed E-state index contributed by atoms with van der Waals surface area (Å²) in [6, 6.07) is 15.6. The van der Waals surface area contributed by atoms with Gasteiger partial charge in [-0.1, -0.05) is 36.9 Å². The summed E-state index contributed by atoms with van der Waals surface area (Å²) >= 11 is 0. The molecule has 6 nitrogen and oxygen atoms in total. The topological polar surface area (TPSA) is 74.9 Å². The molecule has 1 aliphatic rings. The third-order valence-electron chi connectivity index (χ3n) is 6.27. The molecule has 0 aliphatic carbocycles. The normalized spacial score (nSPS) is 15.5. The molecule has 1 fully saturated rings. The van der Waals surface area contributed by atoms with Crippen LogP contribution in [0.3, 0.4) is 0 Å². The lowest BCUT2D eigenvalue weighted by molar-refractivity contribution is -0.0925. The van der Waals surface area contributed by atoms with Gasteiger partial charge in [0.1, 0.15) is 11.4 Å². The second-order valence-corrected chi connectivity index (χ2v) is 8.99. The summed E-state index contributed by atoms with van der Waals surface area (Å²) in [6.07, 6.45) is -0.378. The number of nitrogens with two attached hydrogens (primary N) is 1. The van der Waals surface area contributed by atoms with Crippen LogP contribution in [0.5, 0.6) is 5.75 Å². The number of para-hydroxylation sites is 1. The second kappa shape index (κ2) is 16.0. The minimum atomic E-state index is -4.58. The third kappa shape index (κ3) is 10.3. The van der Waals surface area contributed by atoms with E-state index in [1.165, 1.54) is 17.2 Å². The SMILES string of the molecule is C=CC(/C=C(\N)C(F)(F)F)=Nc1cccc(C2CCN(CCNC)CC2)c1.CNCc1ccccc1OC. The molecule has 9 heteroatoms. The van der Waals surface area contributed by atoms with Gasteiger partial charge in [-0.15, -0.1) is 0 Å². The van der Waals surface area contributed by atoms with Crippen molar-refractivity contribution in [1.82, 2.24) is 15.5 Å². The van der Waals surface area contributed by atoms with Crippen LogP contribution in [0.2, 0.25) is 0 Å². The summed E-state index contributed by atoms with van der Waals surface area (Å²) in [5, 5.41) is 6.24. The molecule has 3 rings (SSSR count). The number of aliphatic imine (C=N–C) groups is 1. The Hall–Kier alpha value is -3.14. The molecule has 2 aromatic rings. The lowest BCUT2D eigenvalue weighted by Crippen LogP contribution is -2.37. The number of hydrogen-bond donors (Lipinski definition) is 3. The Balaban J connectivity index is 0.000000384. The third-order valence-corrected chi connectivity index (χ3v) is 6.27. The monoisotopic (exact) mass is 531 g/mol. The summed E-state index contributed by atoms with van der Waals surface area (Å²) in [4.78, 5) is 6.71. The Morgan fingerprint density at radius 2 is 1.84 bits per heavy atom. The summed E-state index contributed by atoms with van der Waals surface area (Å²) in [7, 11) is 5.56. The van der Waals surface area contributed by atoms with Gasteiger partial charge in [0, 0.05) is 25.2 Å². The van der Waals surface area contributed by atoms with Crippen molar-refractivity contribution in [2.45, 2.75) is 31.5 Å². The number of nitrogens with zero attached hydrogens (tertiary/aromatic N) is 2. The van der Waals surface area contributed by atoms with E-state index in [0.29, 0.717) is 11.6 Å². The largest absolute Gasteiger partial charge is 0.496 e. The van der Waals surface area contributed by atoms with Gasteiger partial charge in [0.15, 0.2) is 0 Å². The fraction of sp³-hybridized carbons (Fsp3) is 0.414. The molecule has 0 amide bonds. The van der Waals surface area contributed by atoms with Gasteiger partial charge < -0.3 is 26.0 Å². The zero-order valence-corrected chi connectivity index (χ0v) is 22.5. The first-order valence-electron chi connectivity index (χ1n) is 12.7. The van der Waals surface area contributed by atoms with Crippen LogP contribution in [0.25, 0.3) is 0 Å². The molecular formula is C29H40F3N5O. The standard InChI is InChI=1S/C20H27F3N4.C9H13NO/c1-3-17(14-19(24)20(21,22)23)26-18-6-4-5-16(13-18)15-7-10-27(11-8-15)12-9-25-2;1-10-7-8-5-3-4-6-9(8)11-2/h3-6,13-15,25H,1,7-12,24H2,2H3;3-6,10H,7H2,1-2H3/b19-14-,26-17?;. The molecule has 0 bridgehead atoms. The zero-order valence-electron chi connectivity index (χ0n) is 22.5. The number of rotatable bonds is 10. The van der Waals surface area contributed by atoms with Crippen molar-refractivity contribution in [3.05, 3.63) is 84.1 Å². The number of likely N-dealkylation sites (tertiary alicyclic amines) is 1. The maximum Gasteiger partial charge on any atom is 0.430 e. The number of piperidine rings is 1. The molecule has 0 atom stereocenters.